The number of carbonyl (C=O) groups is 2. The lowest BCUT2D eigenvalue weighted by atomic mass is 10.0. The molecular formula is C31H30O8S. The maximum absolute atomic E-state index is 13.0. The van der Waals surface area contributed by atoms with Crippen molar-refractivity contribution in [3.8, 4) is 0 Å². The molecule has 4 atom stereocenters. The summed E-state index contributed by atoms with van der Waals surface area (Å²) in [6.07, 6.45) is -2.24. The Bertz CT molecular complexity index is 1440. The van der Waals surface area contributed by atoms with E-state index in [0.29, 0.717) is 11.1 Å². The maximum Gasteiger partial charge on any atom is 0.338 e. The monoisotopic (exact) mass is 562 g/mol. The molecule has 8 nitrogen and oxygen atoms in total. The summed E-state index contributed by atoms with van der Waals surface area (Å²) in [6, 6.07) is 24.5. The normalized spacial score (nSPS) is 20.5. The lowest BCUT2D eigenvalue weighted by Gasteiger charge is -2.22. The van der Waals surface area contributed by atoms with Gasteiger partial charge in [-0.15, -0.1) is 6.58 Å². The molecule has 1 N–H and O–H groups in total. The van der Waals surface area contributed by atoms with Gasteiger partial charge in [0.25, 0.3) is 0 Å². The molecule has 1 fully saturated rings. The van der Waals surface area contributed by atoms with Crippen LogP contribution in [0.25, 0.3) is 0 Å². The van der Waals surface area contributed by atoms with E-state index >= 15 is 0 Å². The maximum atomic E-state index is 13.0. The standard InChI is InChI=1S/C31H30O8S/c1-2-12-27-26(21-40(35,36)25-17-10-5-11-18-25)29(32)28(39-27)19-24(38-31(34)23-15-8-4-9-16-23)20-37-30(33)22-13-6-3-7-14-22/h2-11,13-18,21,24,27-29,32H,1,12,19-20H2/t24-,27-,28+,29+/m0/s1. The third kappa shape index (κ3) is 7.32. The summed E-state index contributed by atoms with van der Waals surface area (Å²) < 4.78 is 43.2. The Hall–Kier alpha value is -4.05. The third-order valence-electron chi connectivity index (χ3n) is 6.34. The lowest BCUT2D eigenvalue weighted by Crippen LogP contribution is -2.33. The average molecular weight is 563 g/mol. The van der Waals surface area contributed by atoms with Crippen LogP contribution in [0.1, 0.15) is 33.6 Å². The largest absolute Gasteiger partial charge is 0.458 e. The number of hydrogen-bond donors (Lipinski definition) is 1. The van der Waals surface area contributed by atoms with Crippen LogP contribution in [0.2, 0.25) is 0 Å². The first-order chi connectivity index (χ1) is 19.3. The van der Waals surface area contributed by atoms with E-state index in [9.17, 15) is 23.1 Å². The van der Waals surface area contributed by atoms with Gasteiger partial charge in [0.2, 0.25) is 0 Å². The predicted octanol–water partition coefficient (Wildman–Crippen LogP) is 4.52. The molecule has 0 saturated carbocycles. The number of hydrogen-bond acceptors (Lipinski definition) is 8. The van der Waals surface area contributed by atoms with Gasteiger partial charge < -0.3 is 19.3 Å². The number of benzene rings is 3. The summed E-state index contributed by atoms with van der Waals surface area (Å²) in [5, 5.41) is 12.2. The molecule has 208 valence electrons. The zero-order chi connectivity index (χ0) is 28.5. The number of esters is 2. The minimum absolute atomic E-state index is 0.0574. The van der Waals surface area contributed by atoms with Crippen molar-refractivity contribution in [2.75, 3.05) is 6.61 Å². The fraction of sp³-hybridized carbons (Fsp3) is 0.226. The van der Waals surface area contributed by atoms with Crippen LogP contribution in [0.4, 0.5) is 0 Å². The van der Waals surface area contributed by atoms with Crippen molar-refractivity contribution >= 4 is 21.8 Å². The zero-order valence-electron chi connectivity index (χ0n) is 21.7. The highest BCUT2D eigenvalue weighted by molar-refractivity contribution is 7.94. The van der Waals surface area contributed by atoms with E-state index in [1.807, 2.05) is 0 Å². The van der Waals surface area contributed by atoms with E-state index in [1.54, 1.807) is 84.9 Å². The molecule has 1 aliphatic rings. The van der Waals surface area contributed by atoms with Crippen molar-refractivity contribution in [3.05, 3.63) is 126 Å². The van der Waals surface area contributed by atoms with Crippen molar-refractivity contribution in [2.24, 2.45) is 0 Å². The highest BCUT2D eigenvalue weighted by atomic mass is 32.2. The molecule has 0 unspecified atom stereocenters. The molecule has 0 aromatic heterocycles. The molecule has 9 heteroatoms. The van der Waals surface area contributed by atoms with Crippen LogP contribution in [0.15, 0.2) is 120 Å². The highest BCUT2D eigenvalue weighted by Gasteiger charge is 2.41. The fourth-order valence-electron chi connectivity index (χ4n) is 4.33. The molecule has 1 aliphatic heterocycles. The van der Waals surface area contributed by atoms with E-state index in [1.165, 1.54) is 12.1 Å². The third-order valence-corrected chi connectivity index (χ3v) is 7.85. The molecule has 0 aliphatic carbocycles. The Morgan fingerprint density at radius 3 is 2.02 bits per heavy atom. The molecule has 1 saturated heterocycles. The van der Waals surface area contributed by atoms with Crippen LogP contribution in [0.5, 0.6) is 0 Å². The number of aliphatic hydroxyl groups excluding tert-OH is 1. The Morgan fingerprint density at radius 2 is 1.45 bits per heavy atom. The highest BCUT2D eigenvalue weighted by Crippen LogP contribution is 2.33. The summed E-state index contributed by atoms with van der Waals surface area (Å²) in [5.41, 5.74) is 0.798. The van der Waals surface area contributed by atoms with Gasteiger partial charge in [-0.25, -0.2) is 18.0 Å². The summed E-state index contributed by atoms with van der Waals surface area (Å²) in [5.74, 6) is -1.24. The average Bonchev–Trinajstić information content (AvgIpc) is 3.25. The molecule has 3 aromatic carbocycles. The second kappa shape index (κ2) is 13.3. The topological polar surface area (TPSA) is 116 Å². The number of ether oxygens (including phenoxy) is 3. The molecule has 0 spiro atoms. The fourth-order valence-corrected chi connectivity index (χ4v) is 5.65. The van der Waals surface area contributed by atoms with Gasteiger partial charge in [-0.3, -0.25) is 0 Å². The second-order valence-corrected chi connectivity index (χ2v) is 11.0. The first-order valence-corrected chi connectivity index (χ1v) is 14.3. The van der Waals surface area contributed by atoms with E-state index in [2.05, 4.69) is 6.58 Å². The molecule has 3 aromatic rings. The smallest absolute Gasteiger partial charge is 0.338 e. The van der Waals surface area contributed by atoms with E-state index in [-0.39, 0.29) is 29.9 Å². The summed E-state index contributed by atoms with van der Waals surface area (Å²) in [4.78, 5) is 25.5. The van der Waals surface area contributed by atoms with Crippen LogP contribution in [-0.4, -0.2) is 56.5 Å². The molecule has 40 heavy (non-hydrogen) atoms. The van der Waals surface area contributed by atoms with Crippen molar-refractivity contribution in [1.82, 2.24) is 0 Å². The Labute approximate surface area is 233 Å². The molecule has 4 rings (SSSR count). The Kier molecular flexibility index (Phi) is 9.65. The van der Waals surface area contributed by atoms with Gasteiger partial charge in [0, 0.05) is 17.4 Å². The number of carbonyl (C=O) groups excluding carboxylic acids is 2. The molecule has 1 heterocycles. The first kappa shape index (κ1) is 28.9. The minimum Gasteiger partial charge on any atom is -0.458 e. The SMILES string of the molecule is C=CC[C@@H]1O[C@H](C[C@@H](COC(=O)c2ccccc2)OC(=O)c2ccccc2)[C@H](O)C1=CS(=O)(=O)c1ccccc1. The lowest BCUT2D eigenvalue weighted by molar-refractivity contribution is -0.0449. The van der Waals surface area contributed by atoms with Gasteiger partial charge in [0.15, 0.2) is 9.84 Å². The van der Waals surface area contributed by atoms with Crippen molar-refractivity contribution < 1.29 is 37.3 Å². The molecule has 0 radical (unpaired) electrons. The minimum atomic E-state index is -3.88. The summed E-state index contributed by atoms with van der Waals surface area (Å²) in [6.45, 7) is 3.41. The van der Waals surface area contributed by atoms with Gasteiger partial charge in [0.05, 0.1) is 28.2 Å². The Balaban J connectivity index is 1.55. The molecular weight excluding hydrogens is 532 g/mol. The molecule has 0 bridgehead atoms. The Morgan fingerprint density at radius 1 is 0.900 bits per heavy atom. The van der Waals surface area contributed by atoms with Gasteiger partial charge in [-0.05, 0) is 42.8 Å². The van der Waals surface area contributed by atoms with Crippen molar-refractivity contribution in [1.29, 1.82) is 0 Å². The second-order valence-electron chi connectivity index (χ2n) is 9.20. The van der Waals surface area contributed by atoms with Crippen LogP contribution in [0, 0.1) is 0 Å². The number of aliphatic hydroxyl groups is 1. The van der Waals surface area contributed by atoms with E-state index < -0.39 is 46.2 Å². The van der Waals surface area contributed by atoms with Gasteiger partial charge >= 0.3 is 11.9 Å². The van der Waals surface area contributed by atoms with Crippen molar-refractivity contribution in [3.63, 3.8) is 0 Å². The molecule has 0 amide bonds. The zero-order valence-corrected chi connectivity index (χ0v) is 22.5. The van der Waals surface area contributed by atoms with Crippen molar-refractivity contribution in [2.45, 2.75) is 42.2 Å². The summed E-state index contributed by atoms with van der Waals surface area (Å²) in [7, 11) is -3.88. The van der Waals surface area contributed by atoms with Crippen LogP contribution >= 0.6 is 0 Å². The summed E-state index contributed by atoms with van der Waals surface area (Å²) >= 11 is 0. The van der Waals surface area contributed by atoms with Gasteiger partial charge in [-0.1, -0.05) is 60.7 Å². The number of rotatable bonds is 11. The number of sulfone groups is 1. The van der Waals surface area contributed by atoms with E-state index in [0.717, 1.165) is 5.41 Å². The van der Waals surface area contributed by atoms with Gasteiger partial charge in [-0.2, -0.15) is 0 Å². The van der Waals surface area contributed by atoms with Crippen LogP contribution in [0.3, 0.4) is 0 Å². The predicted molar refractivity (Wildman–Crippen MR) is 148 cm³/mol. The van der Waals surface area contributed by atoms with E-state index in [4.69, 9.17) is 14.2 Å². The van der Waals surface area contributed by atoms with Crippen LogP contribution < -0.4 is 0 Å². The first-order valence-electron chi connectivity index (χ1n) is 12.7. The van der Waals surface area contributed by atoms with Crippen LogP contribution in [-0.2, 0) is 24.0 Å². The van der Waals surface area contributed by atoms with Gasteiger partial charge in [0.1, 0.15) is 18.8 Å². The quantitative estimate of drug-likeness (QED) is 0.268.